The fourth-order valence-electron chi connectivity index (χ4n) is 2.90. The lowest BCUT2D eigenvalue weighted by Gasteiger charge is -2.11. The molecule has 0 saturated carbocycles. The van der Waals surface area contributed by atoms with Gasteiger partial charge in [0.25, 0.3) is 0 Å². The maximum atomic E-state index is 4.69. The van der Waals surface area contributed by atoms with Gasteiger partial charge in [0.05, 0.1) is 6.54 Å². The van der Waals surface area contributed by atoms with E-state index in [2.05, 4.69) is 51.4 Å². The molecule has 0 atom stereocenters. The van der Waals surface area contributed by atoms with Gasteiger partial charge in [0.15, 0.2) is 11.8 Å². The lowest BCUT2D eigenvalue weighted by molar-refractivity contribution is 0.605. The van der Waals surface area contributed by atoms with Gasteiger partial charge in [-0.15, -0.1) is 45.5 Å². The summed E-state index contributed by atoms with van der Waals surface area (Å²) in [5.74, 6) is 2.91. The van der Waals surface area contributed by atoms with Crippen molar-refractivity contribution in [2.45, 2.75) is 59.2 Å². The lowest BCUT2D eigenvalue weighted by Crippen LogP contribution is -2.36. The molecule has 0 bridgehead atoms. The van der Waals surface area contributed by atoms with Crippen LogP contribution in [0.5, 0.6) is 0 Å². The van der Waals surface area contributed by atoms with Gasteiger partial charge in [-0.25, -0.2) is 4.99 Å². The third kappa shape index (κ3) is 5.67. The number of halogens is 1. The molecule has 25 heavy (non-hydrogen) atoms. The van der Waals surface area contributed by atoms with E-state index in [0.29, 0.717) is 6.54 Å². The number of nitrogens with zero attached hydrogens (tertiary/aromatic N) is 4. The Morgan fingerprint density at radius 3 is 2.88 bits per heavy atom. The molecule has 1 aliphatic rings. The monoisotopic (exact) mass is 474 g/mol. The second kappa shape index (κ2) is 10.1. The predicted octanol–water partition coefficient (Wildman–Crippen LogP) is 3.25. The molecule has 8 heteroatoms. The Labute approximate surface area is 170 Å². The third-order valence-electron chi connectivity index (χ3n) is 4.14. The zero-order valence-corrected chi connectivity index (χ0v) is 18.1. The van der Waals surface area contributed by atoms with Gasteiger partial charge in [0.1, 0.15) is 12.4 Å². The van der Waals surface area contributed by atoms with Crippen LogP contribution < -0.4 is 10.6 Å². The minimum absolute atomic E-state index is 0. The number of nitrogens with one attached hydrogen (secondary N) is 2. The topological polar surface area (TPSA) is 67.1 Å². The van der Waals surface area contributed by atoms with Crippen LogP contribution in [0.4, 0.5) is 0 Å². The Kier molecular flexibility index (Phi) is 8.14. The van der Waals surface area contributed by atoms with Crippen molar-refractivity contribution < 1.29 is 0 Å². The molecule has 1 aliphatic heterocycles. The Morgan fingerprint density at radius 2 is 2.12 bits per heavy atom. The molecule has 0 saturated heterocycles. The molecule has 3 rings (SSSR count). The van der Waals surface area contributed by atoms with E-state index in [1.165, 1.54) is 29.0 Å². The van der Waals surface area contributed by atoms with Crippen LogP contribution in [-0.2, 0) is 26.1 Å². The number of hydrogen-bond donors (Lipinski definition) is 2. The molecule has 0 aliphatic carbocycles. The molecule has 0 radical (unpaired) electrons. The fourth-order valence-corrected chi connectivity index (χ4v) is 3.73. The summed E-state index contributed by atoms with van der Waals surface area (Å²) in [5.41, 5.74) is 0. The molecule has 2 aromatic heterocycles. The quantitative estimate of drug-likeness (QED) is 0.397. The highest BCUT2D eigenvalue weighted by Crippen LogP contribution is 2.15. The molecule has 0 spiro atoms. The van der Waals surface area contributed by atoms with Crippen molar-refractivity contribution >= 4 is 41.3 Å². The summed E-state index contributed by atoms with van der Waals surface area (Å²) in [5, 5.41) is 15.4. The van der Waals surface area contributed by atoms with Crippen LogP contribution in [0.15, 0.2) is 17.1 Å². The van der Waals surface area contributed by atoms with Gasteiger partial charge in [-0.3, -0.25) is 0 Å². The second-order valence-corrected chi connectivity index (χ2v) is 7.43. The van der Waals surface area contributed by atoms with Crippen LogP contribution in [0.2, 0.25) is 0 Å². The number of thiophene rings is 1. The van der Waals surface area contributed by atoms with Gasteiger partial charge in [-0.2, -0.15) is 0 Å². The number of hydrogen-bond acceptors (Lipinski definition) is 4. The van der Waals surface area contributed by atoms with E-state index in [1.54, 1.807) is 0 Å². The largest absolute Gasteiger partial charge is 0.357 e. The molecule has 0 amide bonds. The van der Waals surface area contributed by atoms with Gasteiger partial charge >= 0.3 is 0 Å². The zero-order chi connectivity index (χ0) is 16.8. The Morgan fingerprint density at radius 1 is 1.24 bits per heavy atom. The molecule has 3 heterocycles. The maximum absolute atomic E-state index is 4.69. The summed E-state index contributed by atoms with van der Waals surface area (Å²) >= 11 is 1.81. The molecular formula is C17H27IN6S. The van der Waals surface area contributed by atoms with E-state index in [1.807, 2.05) is 11.3 Å². The molecule has 0 aromatic carbocycles. The molecule has 138 valence electrons. The van der Waals surface area contributed by atoms with Crippen molar-refractivity contribution in [3.05, 3.63) is 33.5 Å². The van der Waals surface area contributed by atoms with Crippen molar-refractivity contribution in [2.75, 3.05) is 6.54 Å². The van der Waals surface area contributed by atoms with E-state index in [-0.39, 0.29) is 24.0 Å². The Balaban J connectivity index is 0.00000225. The van der Waals surface area contributed by atoms with Crippen LogP contribution in [0, 0.1) is 6.92 Å². The molecule has 6 nitrogen and oxygen atoms in total. The van der Waals surface area contributed by atoms with Crippen molar-refractivity contribution in [3.8, 4) is 0 Å². The van der Waals surface area contributed by atoms with E-state index in [4.69, 9.17) is 4.99 Å². The Hall–Kier alpha value is -1.16. The molecule has 2 aromatic rings. The third-order valence-corrected chi connectivity index (χ3v) is 5.14. The lowest BCUT2D eigenvalue weighted by atomic mass is 10.2. The van der Waals surface area contributed by atoms with E-state index in [9.17, 15) is 0 Å². The van der Waals surface area contributed by atoms with Crippen molar-refractivity contribution in [2.24, 2.45) is 4.99 Å². The summed E-state index contributed by atoms with van der Waals surface area (Å²) in [6.07, 6.45) is 4.73. The van der Waals surface area contributed by atoms with Crippen LogP contribution in [0.25, 0.3) is 0 Å². The van der Waals surface area contributed by atoms with Crippen molar-refractivity contribution in [3.63, 3.8) is 0 Å². The summed E-state index contributed by atoms with van der Waals surface area (Å²) in [7, 11) is 0. The van der Waals surface area contributed by atoms with Crippen molar-refractivity contribution in [1.29, 1.82) is 0 Å². The zero-order valence-electron chi connectivity index (χ0n) is 14.9. The van der Waals surface area contributed by atoms with Gasteiger partial charge in [-0.05, 0) is 38.8 Å². The van der Waals surface area contributed by atoms with Crippen LogP contribution in [-0.4, -0.2) is 27.3 Å². The number of rotatable bonds is 5. The molecular weight excluding hydrogens is 447 g/mol. The second-order valence-electron chi connectivity index (χ2n) is 6.06. The fraction of sp³-hybridized carbons (Fsp3) is 0.588. The predicted molar refractivity (Wildman–Crippen MR) is 114 cm³/mol. The van der Waals surface area contributed by atoms with E-state index >= 15 is 0 Å². The smallest absolute Gasteiger partial charge is 0.191 e. The minimum Gasteiger partial charge on any atom is -0.357 e. The summed E-state index contributed by atoms with van der Waals surface area (Å²) < 4.78 is 2.25. The number of aliphatic imine (C=N–C) groups is 1. The van der Waals surface area contributed by atoms with E-state index < -0.39 is 0 Å². The van der Waals surface area contributed by atoms with Crippen LogP contribution in [0.1, 0.15) is 47.6 Å². The summed E-state index contributed by atoms with van der Waals surface area (Å²) in [6.45, 7) is 7.42. The summed E-state index contributed by atoms with van der Waals surface area (Å²) in [4.78, 5) is 7.34. The maximum Gasteiger partial charge on any atom is 0.191 e. The van der Waals surface area contributed by atoms with Gasteiger partial charge in [-0.1, -0.05) is 6.42 Å². The highest BCUT2D eigenvalue weighted by atomic mass is 127. The molecule has 2 N–H and O–H groups in total. The standard InChI is InChI=1S/C17H26N6S.HI/c1-3-18-17(19-11-14-9-8-13(2)24-14)20-12-16-22-21-15-7-5-4-6-10-23(15)16;/h8-9H,3-7,10-12H2,1-2H3,(H2,18,19,20);1H. The first-order valence-electron chi connectivity index (χ1n) is 8.74. The minimum atomic E-state index is 0. The van der Waals surface area contributed by atoms with Gasteiger partial charge < -0.3 is 15.2 Å². The van der Waals surface area contributed by atoms with Crippen molar-refractivity contribution in [1.82, 2.24) is 25.4 Å². The highest BCUT2D eigenvalue weighted by molar-refractivity contribution is 14.0. The first-order chi connectivity index (χ1) is 11.8. The molecule has 0 unspecified atom stereocenters. The number of guanidine groups is 1. The first-order valence-corrected chi connectivity index (χ1v) is 9.56. The number of fused-ring (bicyclic) bond motifs is 1. The first kappa shape index (κ1) is 20.2. The Bertz CT molecular complexity index is 693. The average Bonchev–Trinajstić information content (AvgIpc) is 3.09. The average molecular weight is 474 g/mol. The number of aromatic nitrogens is 3. The molecule has 0 fully saturated rings. The summed E-state index contributed by atoms with van der Waals surface area (Å²) in [6, 6.07) is 4.31. The van der Waals surface area contributed by atoms with E-state index in [0.717, 1.165) is 43.7 Å². The normalized spacial score (nSPS) is 14.4. The van der Waals surface area contributed by atoms with Crippen LogP contribution in [0.3, 0.4) is 0 Å². The van der Waals surface area contributed by atoms with Gasteiger partial charge in [0, 0.05) is 29.3 Å². The van der Waals surface area contributed by atoms with Gasteiger partial charge in [0.2, 0.25) is 0 Å². The SMILES string of the molecule is CCNC(=NCc1nnc2n1CCCCC2)NCc1ccc(C)s1.I. The van der Waals surface area contributed by atoms with Crippen LogP contribution >= 0.6 is 35.3 Å². The highest BCUT2D eigenvalue weighted by Gasteiger charge is 2.14. The number of aryl methyl sites for hydroxylation is 2.